The lowest BCUT2D eigenvalue weighted by molar-refractivity contribution is -0.117. The Bertz CT molecular complexity index is 1370. The van der Waals surface area contributed by atoms with Crippen molar-refractivity contribution in [2.75, 3.05) is 6.61 Å². The maximum Gasteiger partial charge on any atom is 0.262 e. The number of nitriles is 1. The zero-order valence-corrected chi connectivity index (χ0v) is 21.1. The summed E-state index contributed by atoms with van der Waals surface area (Å²) in [5, 5.41) is 15.4. The molecule has 0 saturated carbocycles. The molecule has 0 spiro atoms. The Morgan fingerprint density at radius 1 is 1.11 bits per heavy atom. The smallest absolute Gasteiger partial charge is 0.262 e. The summed E-state index contributed by atoms with van der Waals surface area (Å²) in [5.74, 6) is 0.462. The van der Waals surface area contributed by atoms with Crippen LogP contribution >= 0.6 is 11.3 Å². The predicted molar refractivity (Wildman–Crippen MR) is 142 cm³/mol. The average Bonchev–Trinajstić information content (AvgIpc) is 3.49. The highest BCUT2D eigenvalue weighted by atomic mass is 32.1. The van der Waals surface area contributed by atoms with Gasteiger partial charge >= 0.3 is 0 Å². The van der Waals surface area contributed by atoms with Gasteiger partial charge in [-0.2, -0.15) is 5.26 Å². The van der Waals surface area contributed by atoms with Crippen molar-refractivity contribution in [3.8, 4) is 11.8 Å². The van der Waals surface area contributed by atoms with E-state index >= 15 is 0 Å². The van der Waals surface area contributed by atoms with Crippen molar-refractivity contribution in [2.45, 2.75) is 39.3 Å². The number of hydrogen-bond donors (Lipinski definition) is 1. The first-order valence-electron chi connectivity index (χ1n) is 11.6. The summed E-state index contributed by atoms with van der Waals surface area (Å²) in [7, 11) is 0. The van der Waals surface area contributed by atoms with Crippen LogP contribution in [0.3, 0.4) is 0 Å². The third-order valence-electron chi connectivity index (χ3n) is 5.81. The molecular formula is C29H29N3O2S. The fourth-order valence-electron chi connectivity index (χ4n) is 3.87. The minimum absolute atomic E-state index is 0.0830. The van der Waals surface area contributed by atoms with Crippen LogP contribution in [0.2, 0.25) is 0 Å². The standard InChI is InChI=1S/C29H29N3O2S/c1-29(2,3)23-10-12-24(13-11-23)34-15-14-32-20-22(26-8-4-5-9-27(26)32)17-21(18-30)28(33)31-19-25-7-6-16-35-25/h4-13,16-17,20H,14-15,19H2,1-3H3,(H,31,33)/b21-17-. The number of amides is 1. The van der Waals surface area contributed by atoms with Crippen molar-refractivity contribution < 1.29 is 9.53 Å². The molecule has 0 bridgehead atoms. The molecule has 2 heterocycles. The van der Waals surface area contributed by atoms with Gasteiger partial charge in [0.1, 0.15) is 24.0 Å². The molecule has 1 N–H and O–H groups in total. The van der Waals surface area contributed by atoms with Gasteiger partial charge in [0.25, 0.3) is 5.91 Å². The molecule has 5 nitrogen and oxygen atoms in total. The number of nitrogens with one attached hydrogen (secondary N) is 1. The van der Waals surface area contributed by atoms with Gasteiger partial charge in [-0.05, 0) is 46.7 Å². The summed E-state index contributed by atoms with van der Waals surface area (Å²) < 4.78 is 8.09. The molecule has 0 aliphatic rings. The van der Waals surface area contributed by atoms with Gasteiger partial charge in [-0.3, -0.25) is 4.79 Å². The number of carbonyl (C=O) groups excluding carboxylic acids is 1. The van der Waals surface area contributed by atoms with Crippen molar-refractivity contribution in [1.29, 1.82) is 5.26 Å². The van der Waals surface area contributed by atoms with Gasteiger partial charge in [0.2, 0.25) is 0 Å². The summed E-state index contributed by atoms with van der Waals surface area (Å²) in [5.41, 5.74) is 3.32. The topological polar surface area (TPSA) is 67.0 Å². The lowest BCUT2D eigenvalue weighted by Crippen LogP contribution is -2.23. The van der Waals surface area contributed by atoms with Crippen molar-refractivity contribution in [3.05, 3.63) is 93.8 Å². The third-order valence-corrected chi connectivity index (χ3v) is 6.69. The van der Waals surface area contributed by atoms with Crippen LogP contribution in [0.1, 0.15) is 36.8 Å². The molecule has 4 aromatic rings. The predicted octanol–water partition coefficient (Wildman–Crippen LogP) is 6.30. The van der Waals surface area contributed by atoms with E-state index in [0.29, 0.717) is 19.7 Å². The first kappa shape index (κ1) is 24.3. The molecule has 0 unspecified atom stereocenters. The van der Waals surface area contributed by atoms with Crippen LogP contribution < -0.4 is 10.1 Å². The highest BCUT2D eigenvalue weighted by Crippen LogP contribution is 2.26. The van der Waals surface area contributed by atoms with E-state index in [1.165, 1.54) is 5.56 Å². The van der Waals surface area contributed by atoms with Crippen LogP contribution in [0.5, 0.6) is 5.75 Å². The summed E-state index contributed by atoms with van der Waals surface area (Å²) in [6.07, 6.45) is 3.63. The van der Waals surface area contributed by atoms with Crippen LogP contribution in [0.15, 0.2) is 77.8 Å². The summed E-state index contributed by atoms with van der Waals surface area (Å²) in [4.78, 5) is 13.6. The molecule has 6 heteroatoms. The van der Waals surface area contributed by atoms with E-state index < -0.39 is 0 Å². The monoisotopic (exact) mass is 483 g/mol. The zero-order valence-electron chi connectivity index (χ0n) is 20.2. The van der Waals surface area contributed by atoms with Gasteiger partial charge < -0.3 is 14.6 Å². The zero-order chi connectivity index (χ0) is 24.8. The molecule has 1 amide bonds. The van der Waals surface area contributed by atoms with Crippen molar-refractivity contribution >= 4 is 34.2 Å². The second kappa shape index (κ2) is 10.6. The maximum absolute atomic E-state index is 12.6. The van der Waals surface area contributed by atoms with Gasteiger partial charge in [0, 0.05) is 27.5 Å². The van der Waals surface area contributed by atoms with Crippen LogP contribution in [0.4, 0.5) is 0 Å². The number of ether oxygens (including phenoxy) is 1. The van der Waals surface area contributed by atoms with E-state index in [1.807, 2.05) is 60.1 Å². The van der Waals surface area contributed by atoms with Crippen LogP contribution in [0, 0.1) is 11.3 Å². The van der Waals surface area contributed by atoms with Crippen molar-refractivity contribution in [1.82, 2.24) is 9.88 Å². The minimum Gasteiger partial charge on any atom is -0.492 e. The first-order valence-corrected chi connectivity index (χ1v) is 12.5. The fourth-order valence-corrected chi connectivity index (χ4v) is 4.51. The minimum atomic E-state index is -0.375. The van der Waals surface area contributed by atoms with Crippen molar-refractivity contribution in [2.24, 2.45) is 0 Å². The Kier molecular flexibility index (Phi) is 7.38. The Labute approximate surface area is 210 Å². The molecule has 0 saturated heterocycles. The van der Waals surface area contributed by atoms with E-state index in [9.17, 15) is 10.1 Å². The van der Waals surface area contributed by atoms with Crippen molar-refractivity contribution in [3.63, 3.8) is 0 Å². The average molecular weight is 484 g/mol. The second-order valence-electron chi connectivity index (χ2n) is 9.35. The SMILES string of the molecule is CC(C)(C)c1ccc(OCCn2cc(/C=C(/C#N)C(=O)NCc3cccs3)c3ccccc32)cc1. The van der Waals surface area contributed by atoms with E-state index in [1.54, 1.807) is 17.4 Å². The van der Waals surface area contributed by atoms with Crippen LogP contribution in [-0.4, -0.2) is 17.1 Å². The van der Waals surface area contributed by atoms with Gasteiger partial charge in [-0.15, -0.1) is 11.3 Å². The molecule has 0 aliphatic heterocycles. The largest absolute Gasteiger partial charge is 0.492 e. The highest BCUT2D eigenvalue weighted by Gasteiger charge is 2.14. The third kappa shape index (κ3) is 6.00. The number of hydrogen-bond acceptors (Lipinski definition) is 4. The Morgan fingerprint density at radius 2 is 1.89 bits per heavy atom. The lowest BCUT2D eigenvalue weighted by atomic mass is 9.87. The molecule has 2 aromatic heterocycles. The number of aromatic nitrogens is 1. The van der Waals surface area contributed by atoms with Gasteiger partial charge in [-0.1, -0.05) is 57.2 Å². The second-order valence-corrected chi connectivity index (χ2v) is 10.4. The van der Waals surface area contributed by atoms with E-state index in [2.05, 4.69) is 48.9 Å². The molecule has 4 rings (SSSR count). The molecule has 0 radical (unpaired) electrons. The highest BCUT2D eigenvalue weighted by molar-refractivity contribution is 7.09. The number of rotatable bonds is 8. The molecule has 178 valence electrons. The van der Waals surface area contributed by atoms with Gasteiger partial charge in [0.15, 0.2) is 0 Å². The number of benzene rings is 2. The summed E-state index contributed by atoms with van der Waals surface area (Å²) in [6, 6.07) is 22.2. The fraction of sp³-hybridized carbons (Fsp3) is 0.241. The first-order chi connectivity index (χ1) is 16.8. The maximum atomic E-state index is 12.6. The van der Waals surface area contributed by atoms with Gasteiger partial charge in [0.05, 0.1) is 13.1 Å². The van der Waals surface area contributed by atoms with Crippen LogP contribution in [0.25, 0.3) is 17.0 Å². The van der Waals surface area contributed by atoms with Gasteiger partial charge in [-0.25, -0.2) is 0 Å². The molecular weight excluding hydrogens is 454 g/mol. The van der Waals surface area contributed by atoms with E-state index in [4.69, 9.17) is 4.74 Å². The van der Waals surface area contributed by atoms with Crippen LogP contribution in [-0.2, 0) is 23.3 Å². The van der Waals surface area contributed by atoms with E-state index in [0.717, 1.165) is 27.1 Å². The summed E-state index contributed by atoms with van der Waals surface area (Å²) >= 11 is 1.57. The lowest BCUT2D eigenvalue weighted by Gasteiger charge is -2.19. The molecule has 0 atom stereocenters. The Balaban J connectivity index is 1.47. The molecule has 2 aromatic carbocycles. The molecule has 0 fully saturated rings. The number of carbonyl (C=O) groups is 1. The summed E-state index contributed by atoms with van der Waals surface area (Å²) in [6.45, 7) is 8.13. The Morgan fingerprint density at radius 3 is 2.57 bits per heavy atom. The number of fused-ring (bicyclic) bond motifs is 1. The molecule has 35 heavy (non-hydrogen) atoms. The number of para-hydroxylation sites is 1. The normalized spacial score (nSPS) is 11.9. The Hall–Kier alpha value is -3.82. The number of nitrogens with zero attached hydrogens (tertiary/aromatic N) is 2. The molecule has 0 aliphatic carbocycles. The number of thiophene rings is 1. The van der Waals surface area contributed by atoms with E-state index in [-0.39, 0.29) is 16.9 Å². The quantitative estimate of drug-likeness (QED) is 0.236.